The van der Waals surface area contributed by atoms with E-state index < -0.39 is 0 Å². The molecule has 166 valence electrons. The van der Waals surface area contributed by atoms with Crippen LogP contribution < -0.4 is 5.32 Å². The van der Waals surface area contributed by atoms with Crippen LogP contribution in [0.15, 0.2) is 54.9 Å². The lowest BCUT2D eigenvalue weighted by Gasteiger charge is -2.57. The molecule has 5 aliphatic rings. The molecule has 4 bridgehead atoms. The Bertz CT molecular complexity index is 1020. The topological polar surface area (TPSA) is 61.0 Å². The monoisotopic (exact) mass is 428 g/mol. The molecular weight excluding hydrogens is 396 g/mol. The number of hydrogen-bond acceptors (Lipinski definition) is 3. The normalized spacial score (nSPS) is 30.4. The Balaban J connectivity index is 1.10. The van der Waals surface area contributed by atoms with E-state index in [9.17, 15) is 4.79 Å². The van der Waals surface area contributed by atoms with Crippen LogP contribution in [0.2, 0.25) is 0 Å². The van der Waals surface area contributed by atoms with Gasteiger partial charge in [0.2, 0.25) is 5.91 Å². The molecule has 5 heteroatoms. The number of rotatable bonds is 6. The predicted octanol–water partition coefficient (Wildman–Crippen LogP) is 4.65. The van der Waals surface area contributed by atoms with E-state index in [2.05, 4.69) is 58.1 Å². The maximum Gasteiger partial charge on any atom is 0.240 e. The number of aromatic amines is 1. The van der Waals surface area contributed by atoms with E-state index in [-0.39, 0.29) is 11.4 Å². The molecule has 1 aliphatic heterocycles. The Morgan fingerprint density at radius 2 is 1.81 bits per heavy atom. The third-order valence-electron chi connectivity index (χ3n) is 7.92. The van der Waals surface area contributed by atoms with E-state index in [4.69, 9.17) is 0 Å². The summed E-state index contributed by atoms with van der Waals surface area (Å²) in [6.07, 6.45) is 15.7. The second-order valence-corrected chi connectivity index (χ2v) is 10.6. The van der Waals surface area contributed by atoms with Gasteiger partial charge < -0.3 is 10.2 Å². The van der Waals surface area contributed by atoms with Gasteiger partial charge in [0.25, 0.3) is 0 Å². The summed E-state index contributed by atoms with van der Waals surface area (Å²) >= 11 is 0. The lowest BCUT2D eigenvalue weighted by molar-refractivity contribution is -0.127. The fourth-order valence-electron chi connectivity index (χ4n) is 7.08. The smallest absolute Gasteiger partial charge is 0.240 e. The van der Waals surface area contributed by atoms with E-state index >= 15 is 0 Å². The lowest BCUT2D eigenvalue weighted by Crippen LogP contribution is -2.60. The van der Waals surface area contributed by atoms with Crippen LogP contribution in [-0.4, -0.2) is 33.1 Å². The Labute approximate surface area is 190 Å². The zero-order chi connectivity index (χ0) is 21.5. The standard InChI is InChI=1S/C27H32N4O/c32-26(28-27-14-20-9-21(15-27)11-22(10-20)16-27)18-31-8-4-7-23(17-31)25-13-24(29-30-25)12-19-5-2-1-3-6-19/h1-6,8,13,17,20-22H,7,9-12,14-16,18H2,(H,28,32)(H,29,30). The maximum absolute atomic E-state index is 13.0. The van der Waals surface area contributed by atoms with E-state index in [1.807, 2.05) is 17.2 Å². The first-order valence-electron chi connectivity index (χ1n) is 12.2. The van der Waals surface area contributed by atoms with Crippen molar-refractivity contribution in [3.8, 4) is 0 Å². The summed E-state index contributed by atoms with van der Waals surface area (Å²) < 4.78 is 0. The molecule has 1 aromatic carbocycles. The minimum absolute atomic E-state index is 0.0758. The summed E-state index contributed by atoms with van der Waals surface area (Å²) in [5, 5.41) is 11.2. The van der Waals surface area contributed by atoms with E-state index in [0.29, 0.717) is 6.54 Å². The highest BCUT2D eigenvalue weighted by Crippen LogP contribution is 2.55. The van der Waals surface area contributed by atoms with Crippen LogP contribution in [0.25, 0.3) is 5.57 Å². The molecule has 0 saturated heterocycles. The second-order valence-electron chi connectivity index (χ2n) is 10.6. The average Bonchev–Trinajstić information content (AvgIpc) is 3.22. The SMILES string of the molecule is O=C(CN1C=CCC(c2cc(Cc3ccccc3)[nH]n2)=C1)NC12CC3CC(CC(C3)C1)C2. The lowest BCUT2D eigenvalue weighted by atomic mass is 9.53. The highest BCUT2D eigenvalue weighted by molar-refractivity contribution is 5.80. The van der Waals surface area contributed by atoms with Crippen LogP contribution >= 0.6 is 0 Å². The molecule has 1 aromatic heterocycles. The molecular formula is C27H32N4O. The molecule has 1 amide bonds. The van der Waals surface area contributed by atoms with Gasteiger partial charge in [-0.15, -0.1) is 0 Å². The molecule has 4 saturated carbocycles. The first-order valence-corrected chi connectivity index (χ1v) is 12.2. The van der Waals surface area contributed by atoms with Gasteiger partial charge in [-0.2, -0.15) is 5.10 Å². The average molecular weight is 429 g/mol. The quantitative estimate of drug-likeness (QED) is 0.704. The van der Waals surface area contributed by atoms with Gasteiger partial charge in [-0.25, -0.2) is 0 Å². The number of carbonyl (C=O) groups excluding carboxylic acids is 1. The third-order valence-corrected chi connectivity index (χ3v) is 7.92. The molecule has 32 heavy (non-hydrogen) atoms. The molecule has 0 atom stereocenters. The van der Waals surface area contributed by atoms with Crippen molar-refractivity contribution in [2.45, 2.75) is 56.9 Å². The van der Waals surface area contributed by atoms with Crippen LogP contribution in [0.1, 0.15) is 61.9 Å². The van der Waals surface area contributed by atoms with Crippen LogP contribution in [-0.2, 0) is 11.2 Å². The first-order chi connectivity index (χ1) is 15.6. The van der Waals surface area contributed by atoms with Crippen molar-refractivity contribution in [1.29, 1.82) is 0 Å². The summed E-state index contributed by atoms with van der Waals surface area (Å²) in [4.78, 5) is 15.0. The highest BCUT2D eigenvalue weighted by Gasteiger charge is 2.51. The summed E-state index contributed by atoms with van der Waals surface area (Å²) in [6.45, 7) is 0.378. The number of benzene rings is 1. The van der Waals surface area contributed by atoms with Gasteiger partial charge in [-0.3, -0.25) is 9.89 Å². The zero-order valence-corrected chi connectivity index (χ0v) is 18.6. The van der Waals surface area contributed by atoms with Gasteiger partial charge in [0.1, 0.15) is 6.54 Å². The Morgan fingerprint density at radius 1 is 1.09 bits per heavy atom. The number of amides is 1. The van der Waals surface area contributed by atoms with E-state index in [1.165, 1.54) is 44.1 Å². The van der Waals surface area contributed by atoms with Gasteiger partial charge in [-0.1, -0.05) is 36.4 Å². The van der Waals surface area contributed by atoms with Crippen molar-refractivity contribution in [2.75, 3.05) is 6.54 Å². The Morgan fingerprint density at radius 3 is 2.53 bits per heavy atom. The summed E-state index contributed by atoms with van der Waals surface area (Å²) in [5.74, 6) is 2.67. The number of allylic oxidation sites excluding steroid dienone is 2. The number of carbonyl (C=O) groups is 1. The molecule has 2 N–H and O–H groups in total. The molecule has 7 rings (SSSR count). The first kappa shape index (κ1) is 19.8. The van der Waals surface area contributed by atoms with Gasteiger partial charge >= 0.3 is 0 Å². The molecule has 2 aromatic rings. The molecule has 4 fully saturated rings. The van der Waals surface area contributed by atoms with Crippen molar-refractivity contribution in [3.63, 3.8) is 0 Å². The molecule has 5 nitrogen and oxygen atoms in total. The van der Waals surface area contributed by atoms with Crippen LogP contribution in [0, 0.1) is 17.8 Å². The third kappa shape index (κ3) is 4.01. The van der Waals surface area contributed by atoms with Crippen LogP contribution in [0.5, 0.6) is 0 Å². The summed E-state index contributed by atoms with van der Waals surface area (Å²) in [6, 6.07) is 12.6. The fourth-order valence-corrected chi connectivity index (χ4v) is 7.08. The zero-order valence-electron chi connectivity index (χ0n) is 18.6. The number of H-pyrrole nitrogens is 1. The number of nitrogens with one attached hydrogen (secondary N) is 2. The van der Waals surface area contributed by atoms with Gasteiger partial charge in [0.05, 0.1) is 5.69 Å². The molecule has 0 spiro atoms. The molecule has 2 heterocycles. The van der Waals surface area contributed by atoms with Crippen LogP contribution in [0.3, 0.4) is 0 Å². The number of nitrogens with zero attached hydrogens (tertiary/aromatic N) is 2. The molecule has 4 aliphatic carbocycles. The maximum atomic E-state index is 13.0. The molecule has 0 radical (unpaired) electrons. The van der Waals surface area contributed by atoms with Crippen LogP contribution in [0.4, 0.5) is 0 Å². The summed E-state index contributed by atoms with van der Waals surface area (Å²) in [5.41, 5.74) is 4.56. The fraction of sp³-hybridized carbons (Fsp3) is 0.481. The molecule has 0 unspecified atom stereocenters. The minimum atomic E-state index is 0.0758. The highest BCUT2D eigenvalue weighted by atomic mass is 16.2. The van der Waals surface area contributed by atoms with E-state index in [0.717, 1.165) is 47.6 Å². The second kappa shape index (κ2) is 7.95. The summed E-state index contributed by atoms with van der Waals surface area (Å²) in [7, 11) is 0. The minimum Gasteiger partial charge on any atom is -0.349 e. The van der Waals surface area contributed by atoms with Gasteiger partial charge in [0.15, 0.2) is 0 Å². The largest absolute Gasteiger partial charge is 0.349 e. The number of aromatic nitrogens is 2. The van der Waals surface area contributed by atoms with Crippen molar-refractivity contribution in [1.82, 2.24) is 20.4 Å². The predicted molar refractivity (Wildman–Crippen MR) is 125 cm³/mol. The Hall–Kier alpha value is -2.82. The van der Waals surface area contributed by atoms with Gasteiger partial charge in [-0.05, 0) is 79.9 Å². The van der Waals surface area contributed by atoms with Crippen molar-refractivity contribution in [3.05, 3.63) is 71.8 Å². The van der Waals surface area contributed by atoms with Crippen molar-refractivity contribution < 1.29 is 4.79 Å². The van der Waals surface area contributed by atoms with Crippen molar-refractivity contribution >= 4 is 11.5 Å². The van der Waals surface area contributed by atoms with Crippen molar-refractivity contribution in [2.24, 2.45) is 17.8 Å². The Kier molecular flexibility index (Phi) is 4.93. The number of hydrogen-bond donors (Lipinski definition) is 2. The van der Waals surface area contributed by atoms with E-state index in [1.54, 1.807) is 0 Å². The van der Waals surface area contributed by atoms with Gasteiger partial charge in [0, 0.05) is 30.1 Å².